The van der Waals surface area contributed by atoms with Gasteiger partial charge < -0.3 is 5.32 Å². The maximum atomic E-state index is 12.6. The van der Waals surface area contributed by atoms with E-state index in [1.54, 1.807) is 0 Å². The number of aryl methyl sites for hydroxylation is 3. The SMILES string of the molecule is Cc1nc(C)c2c(C)c(C(=O)NC3CCCCC3)sc2n1. The Balaban J connectivity index is 1.91. The summed E-state index contributed by atoms with van der Waals surface area (Å²) in [5.41, 5.74) is 1.98. The van der Waals surface area contributed by atoms with E-state index in [0.717, 1.165) is 45.0 Å². The van der Waals surface area contributed by atoms with Gasteiger partial charge in [-0.2, -0.15) is 0 Å². The van der Waals surface area contributed by atoms with Gasteiger partial charge >= 0.3 is 0 Å². The second kappa shape index (κ2) is 5.72. The normalized spacial score (nSPS) is 16.3. The highest BCUT2D eigenvalue weighted by Crippen LogP contribution is 2.31. The van der Waals surface area contributed by atoms with Crippen LogP contribution in [-0.2, 0) is 0 Å². The second-order valence-electron chi connectivity index (χ2n) is 5.90. The molecule has 0 aliphatic heterocycles. The Morgan fingerprint density at radius 3 is 2.57 bits per heavy atom. The van der Waals surface area contributed by atoms with Crippen LogP contribution in [0.1, 0.15) is 58.9 Å². The number of amides is 1. The molecule has 0 bridgehead atoms. The number of aromatic nitrogens is 2. The lowest BCUT2D eigenvalue weighted by atomic mass is 9.95. The van der Waals surface area contributed by atoms with Crippen LogP contribution < -0.4 is 5.32 Å². The standard InChI is InChI=1S/C16H21N3OS/c1-9-13-10(2)17-11(3)18-16(13)21-14(9)15(20)19-12-7-5-4-6-8-12/h12H,4-8H2,1-3H3,(H,19,20). The molecule has 5 heteroatoms. The molecular formula is C16H21N3OS. The lowest BCUT2D eigenvalue weighted by Crippen LogP contribution is -2.36. The number of carbonyl (C=O) groups is 1. The maximum absolute atomic E-state index is 12.6. The van der Waals surface area contributed by atoms with Gasteiger partial charge in [0, 0.05) is 17.1 Å². The molecule has 1 fully saturated rings. The van der Waals surface area contributed by atoms with Crippen molar-refractivity contribution in [1.29, 1.82) is 0 Å². The number of carbonyl (C=O) groups excluding carboxylic acids is 1. The predicted molar refractivity (Wildman–Crippen MR) is 86.0 cm³/mol. The van der Waals surface area contributed by atoms with Crippen molar-refractivity contribution in [3.63, 3.8) is 0 Å². The highest BCUT2D eigenvalue weighted by atomic mass is 32.1. The fourth-order valence-corrected chi connectivity index (χ4v) is 4.37. The summed E-state index contributed by atoms with van der Waals surface area (Å²) in [6.45, 7) is 5.88. The highest BCUT2D eigenvalue weighted by Gasteiger charge is 2.22. The molecule has 112 valence electrons. The summed E-state index contributed by atoms with van der Waals surface area (Å²) in [6.07, 6.45) is 5.95. The number of fused-ring (bicyclic) bond motifs is 1. The Morgan fingerprint density at radius 1 is 1.14 bits per heavy atom. The van der Waals surface area contributed by atoms with Crippen molar-refractivity contribution in [2.24, 2.45) is 0 Å². The minimum Gasteiger partial charge on any atom is -0.349 e. The Labute approximate surface area is 129 Å². The average Bonchev–Trinajstić information content (AvgIpc) is 2.77. The Kier molecular flexibility index (Phi) is 3.93. The van der Waals surface area contributed by atoms with E-state index in [1.165, 1.54) is 30.6 Å². The molecule has 2 heterocycles. The minimum atomic E-state index is 0.0550. The summed E-state index contributed by atoms with van der Waals surface area (Å²) in [7, 11) is 0. The van der Waals surface area contributed by atoms with E-state index in [2.05, 4.69) is 15.3 Å². The van der Waals surface area contributed by atoms with Crippen molar-refractivity contribution in [3.8, 4) is 0 Å². The molecule has 2 aromatic rings. The number of hydrogen-bond donors (Lipinski definition) is 1. The van der Waals surface area contributed by atoms with E-state index >= 15 is 0 Å². The number of rotatable bonds is 2. The average molecular weight is 303 g/mol. The zero-order chi connectivity index (χ0) is 15.0. The monoisotopic (exact) mass is 303 g/mol. The van der Waals surface area contributed by atoms with Crippen LogP contribution in [0.4, 0.5) is 0 Å². The van der Waals surface area contributed by atoms with Gasteiger partial charge in [-0.25, -0.2) is 9.97 Å². The molecule has 1 saturated carbocycles. The molecular weight excluding hydrogens is 282 g/mol. The summed E-state index contributed by atoms with van der Waals surface area (Å²) in [5.74, 6) is 0.819. The first-order valence-corrected chi connectivity index (χ1v) is 8.43. The lowest BCUT2D eigenvalue weighted by molar-refractivity contribution is 0.0931. The Bertz CT molecular complexity index is 686. The van der Waals surface area contributed by atoms with E-state index in [-0.39, 0.29) is 5.91 Å². The van der Waals surface area contributed by atoms with E-state index < -0.39 is 0 Å². The lowest BCUT2D eigenvalue weighted by Gasteiger charge is -2.22. The number of hydrogen-bond acceptors (Lipinski definition) is 4. The summed E-state index contributed by atoms with van der Waals surface area (Å²) in [6, 6.07) is 0.338. The third-order valence-corrected chi connectivity index (χ3v) is 5.41. The topological polar surface area (TPSA) is 54.9 Å². The van der Waals surface area contributed by atoms with Crippen molar-refractivity contribution in [3.05, 3.63) is 22.0 Å². The molecule has 21 heavy (non-hydrogen) atoms. The van der Waals surface area contributed by atoms with E-state index in [0.29, 0.717) is 6.04 Å². The highest BCUT2D eigenvalue weighted by molar-refractivity contribution is 7.20. The molecule has 0 aromatic carbocycles. The molecule has 0 unspecified atom stereocenters. The van der Waals surface area contributed by atoms with Crippen molar-refractivity contribution >= 4 is 27.5 Å². The fourth-order valence-electron chi connectivity index (χ4n) is 3.19. The van der Waals surface area contributed by atoms with Gasteiger partial charge in [-0.1, -0.05) is 19.3 Å². The predicted octanol–water partition coefficient (Wildman–Crippen LogP) is 3.68. The summed E-state index contributed by atoms with van der Waals surface area (Å²) < 4.78 is 0. The van der Waals surface area contributed by atoms with Gasteiger partial charge in [0.25, 0.3) is 5.91 Å². The zero-order valence-electron chi connectivity index (χ0n) is 12.8. The molecule has 0 radical (unpaired) electrons. The first-order valence-electron chi connectivity index (χ1n) is 7.61. The van der Waals surface area contributed by atoms with Crippen LogP contribution in [0.3, 0.4) is 0 Å². The van der Waals surface area contributed by atoms with Crippen LogP contribution in [-0.4, -0.2) is 21.9 Å². The van der Waals surface area contributed by atoms with Crippen LogP contribution in [0.5, 0.6) is 0 Å². The number of thiophene rings is 1. The van der Waals surface area contributed by atoms with Gasteiger partial charge in [0.15, 0.2) is 0 Å². The minimum absolute atomic E-state index is 0.0550. The van der Waals surface area contributed by atoms with Gasteiger partial charge in [0.1, 0.15) is 10.7 Å². The number of nitrogens with one attached hydrogen (secondary N) is 1. The van der Waals surface area contributed by atoms with Gasteiger partial charge in [-0.3, -0.25) is 4.79 Å². The molecule has 1 amide bonds. The third kappa shape index (κ3) is 2.79. The molecule has 0 spiro atoms. The summed E-state index contributed by atoms with van der Waals surface area (Å²) >= 11 is 1.49. The van der Waals surface area contributed by atoms with Crippen molar-refractivity contribution in [1.82, 2.24) is 15.3 Å². The largest absolute Gasteiger partial charge is 0.349 e. The molecule has 2 aromatic heterocycles. The van der Waals surface area contributed by atoms with Gasteiger partial charge in [-0.05, 0) is 39.2 Å². The van der Waals surface area contributed by atoms with Crippen molar-refractivity contribution < 1.29 is 4.79 Å². The van der Waals surface area contributed by atoms with Gasteiger partial charge in [0.2, 0.25) is 0 Å². The van der Waals surface area contributed by atoms with Crippen molar-refractivity contribution in [2.75, 3.05) is 0 Å². The zero-order valence-corrected chi connectivity index (χ0v) is 13.6. The van der Waals surface area contributed by atoms with Crippen molar-refractivity contribution in [2.45, 2.75) is 58.9 Å². The maximum Gasteiger partial charge on any atom is 0.261 e. The van der Waals surface area contributed by atoms with E-state index in [9.17, 15) is 4.79 Å². The molecule has 1 N–H and O–H groups in total. The Hall–Kier alpha value is -1.49. The number of nitrogens with zero attached hydrogens (tertiary/aromatic N) is 2. The summed E-state index contributed by atoms with van der Waals surface area (Å²) in [5, 5.41) is 4.24. The van der Waals surface area contributed by atoms with Crippen LogP contribution in [0.25, 0.3) is 10.2 Å². The third-order valence-electron chi connectivity index (χ3n) is 4.23. The van der Waals surface area contributed by atoms with Crippen LogP contribution in [0.15, 0.2) is 0 Å². The Morgan fingerprint density at radius 2 is 1.86 bits per heavy atom. The molecule has 3 rings (SSSR count). The van der Waals surface area contributed by atoms with Crippen LogP contribution in [0.2, 0.25) is 0 Å². The molecule has 1 aliphatic carbocycles. The smallest absolute Gasteiger partial charge is 0.261 e. The quantitative estimate of drug-likeness (QED) is 0.920. The summed E-state index contributed by atoms with van der Waals surface area (Å²) in [4.78, 5) is 23.2. The van der Waals surface area contributed by atoms with Crippen LogP contribution >= 0.6 is 11.3 Å². The van der Waals surface area contributed by atoms with Crippen LogP contribution in [0, 0.1) is 20.8 Å². The fraction of sp³-hybridized carbons (Fsp3) is 0.562. The molecule has 4 nitrogen and oxygen atoms in total. The van der Waals surface area contributed by atoms with Gasteiger partial charge in [0.05, 0.1) is 4.88 Å². The van der Waals surface area contributed by atoms with E-state index in [4.69, 9.17) is 0 Å². The van der Waals surface area contributed by atoms with Gasteiger partial charge in [-0.15, -0.1) is 11.3 Å². The first kappa shape index (κ1) is 14.4. The molecule has 1 aliphatic rings. The van der Waals surface area contributed by atoms with E-state index in [1.807, 2.05) is 20.8 Å². The molecule has 0 atom stereocenters. The first-order chi connectivity index (χ1) is 10.1. The molecule has 0 saturated heterocycles. The second-order valence-corrected chi connectivity index (χ2v) is 6.90.